The summed E-state index contributed by atoms with van der Waals surface area (Å²) in [6.07, 6.45) is -5.49. The van der Waals surface area contributed by atoms with E-state index in [1.165, 1.54) is 4.90 Å². The molecular weight excluding hydrogens is 163 g/mol. The normalized spacial score (nSPS) is 11.5. The molecule has 11 heavy (non-hydrogen) atoms. The fourth-order valence-corrected chi connectivity index (χ4v) is 0. The molecule has 0 spiro atoms. The van der Waals surface area contributed by atoms with Crippen molar-refractivity contribution < 1.29 is 23.1 Å². The van der Waals surface area contributed by atoms with E-state index < -0.39 is 12.8 Å². The van der Waals surface area contributed by atoms with E-state index in [1.807, 2.05) is 0 Å². The Kier molecular flexibility index (Phi) is 8.57. The van der Waals surface area contributed by atoms with E-state index in [-0.39, 0.29) is 0 Å². The number of nitrogens with zero attached hydrogens (tertiary/aromatic N) is 1. The lowest BCUT2D eigenvalue weighted by atomic mass is 10.7. The van der Waals surface area contributed by atoms with E-state index in [0.717, 1.165) is 6.41 Å². The minimum Gasteiger partial charge on any atom is -0.360 e. The molecule has 68 valence electrons. The molecule has 0 bridgehead atoms. The van der Waals surface area contributed by atoms with Crippen LogP contribution in [0, 0.1) is 0 Å². The van der Waals surface area contributed by atoms with Crippen LogP contribution >= 0.6 is 0 Å². The van der Waals surface area contributed by atoms with Crippen molar-refractivity contribution in [1.29, 1.82) is 0 Å². The third-order valence-corrected chi connectivity index (χ3v) is 0.419. The van der Waals surface area contributed by atoms with Gasteiger partial charge in [-0.1, -0.05) is 0 Å². The molecule has 1 amide bonds. The van der Waals surface area contributed by atoms with Gasteiger partial charge < -0.3 is 10.0 Å². The van der Waals surface area contributed by atoms with Crippen LogP contribution in [0.3, 0.4) is 0 Å². The zero-order chi connectivity index (χ0) is 9.44. The van der Waals surface area contributed by atoms with Gasteiger partial charge in [0.1, 0.15) is 0 Å². The molecule has 3 nitrogen and oxygen atoms in total. The summed E-state index contributed by atoms with van der Waals surface area (Å²) in [7, 11) is 3.38. The lowest BCUT2D eigenvalue weighted by Crippen LogP contribution is -2.08. The van der Waals surface area contributed by atoms with Crippen molar-refractivity contribution >= 4 is 6.41 Å². The monoisotopic (exact) mass is 173 g/mol. The molecule has 0 aliphatic heterocycles. The van der Waals surface area contributed by atoms with Crippen LogP contribution in [0.1, 0.15) is 0 Å². The SMILES string of the molecule is CN(C)C=O.OC(F)C(F)F. The Morgan fingerprint density at radius 3 is 1.55 bits per heavy atom. The van der Waals surface area contributed by atoms with Gasteiger partial charge in [-0.3, -0.25) is 4.79 Å². The highest BCUT2D eigenvalue weighted by Crippen LogP contribution is 1.98. The predicted octanol–water partition coefficient (Wildman–Crippen LogP) is 0.244. The minimum atomic E-state index is -3.26. The van der Waals surface area contributed by atoms with Crippen LogP contribution in [0.2, 0.25) is 0 Å². The third-order valence-electron chi connectivity index (χ3n) is 0.419. The van der Waals surface area contributed by atoms with Crippen molar-refractivity contribution in [3.8, 4) is 0 Å². The molecule has 0 heterocycles. The van der Waals surface area contributed by atoms with E-state index >= 15 is 0 Å². The number of rotatable bonds is 2. The maximum Gasteiger partial charge on any atom is 0.293 e. The largest absolute Gasteiger partial charge is 0.360 e. The number of hydrogen-bond acceptors (Lipinski definition) is 2. The maximum atomic E-state index is 10.6. The van der Waals surface area contributed by atoms with Crippen molar-refractivity contribution in [2.24, 2.45) is 0 Å². The van der Waals surface area contributed by atoms with Crippen LogP contribution in [-0.2, 0) is 4.79 Å². The summed E-state index contributed by atoms with van der Waals surface area (Å²) in [6.45, 7) is 0. The van der Waals surface area contributed by atoms with E-state index in [0.29, 0.717) is 0 Å². The molecule has 1 atom stereocenters. The number of hydrogen-bond donors (Lipinski definition) is 1. The van der Waals surface area contributed by atoms with Crippen LogP contribution in [0.25, 0.3) is 0 Å². The first-order chi connectivity index (χ1) is 4.91. The first-order valence-electron chi connectivity index (χ1n) is 2.63. The zero-order valence-electron chi connectivity index (χ0n) is 6.17. The van der Waals surface area contributed by atoms with Gasteiger partial charge in [0, 0.05) is 14.1 Å². The van der Waals surface area contributed by atoms with E-state index in [9.17, 15) is 18.0 Å². The molecule has 0 radical (unpaired) electrons. The summed E-state index contributed by atoms with van der Waals surface area (Å²) in [5.74, 6) is 0. The summed E-state index contributed by atoms with van der Waals surface area (Å²) in [5.41, 5.74) is 0. The second-order valence-corrected chi connectivity index (χ2v) is 1.78. The van der Waals surface area contributed by atoms with Crippen molar-refractivity contribution in [3.63, 3.8) is 0 Å². The molecule has 6 heteroatoms. The molecule has 0 rings (SSSR count). The van der Waals surface area contributed by atoms with Crippen molar-refractivity contribution in [3.05, 3.63) is 0 Å². The van der Waals surface area contributed by atoms with Gasteiger partial charge in [-0.05, 0) is 0 Å². The molecule has 0 fully saturated rings. The van der Waals surface area contributed by atoms with Crippen LogP contribution in [0.5, 0.6) is 0 Å². The highest BCUT2D eigenvalue weighted by molar-refractivity contribution is 5.45. The Balaban J connectivity index is 0. The molecular formula is C5H10F3NO2. The first-order valence-corrected chi connectivity index (χ1v) is 2.63. The molecule has 0 aliphatic rings. The van der Waals surface area contributed by atoms with E-state index in [1.54, 1.807) is 14.1 Å². The number of halogens is 3. The Hall–Kier alpha value is -0.780. The second-order valence-electron chi connectivity index (χ2n) is 1.78. The Morgan fingerprint density at radius 2 is 1.55 bits per heavy atom. The predicted molar refractivity (Wildman–Crippen MR) is 32.9 cm³/mol. The topological polar surface area (TPSA) is 40.5 Å². The molecule has 0 aromatic heterocycles. The summed E-state index contributed by atoms with van der Waals surface area (Å²) in [4.78, 5) is 10.9. The summed E-state index contributed by atoms with van der Waals surface area (Å²) < 4.78 is 31.7. The Bertz CT molecular complexity index is 91.7. The van der Waals surface area contributed by atoms with Gasteiger partial charge >= 0.3 is 0 Å². The summed E-state index contributed by atoms with van der Waals surface area (Å²) in [6, 6.07) is 0. The van der Waals surface area contributed by atoms with Crippen LogP contribution in [0.4, 0.5) is 13.2 Å². The average molecular weight is 173 g/mol. The number of aliphatic hydroxyl groups is 1. The summed E-state index contributed by atoms with van der Waals surface area (Å²) >= 11 is 0. The van der Waals surface area contributed by atoms with Crippen molar-refractivity contribution in [2.45, 2.75) is 12.8 Å². The average Bonchev–Trinajstić information content (AvgIpc) is 1.89. The van der Waals surface area contributed by atoms with Gasteiger partial charge in [0.2, 0.25) is 6.41 Å². The van der Waals surface area contributed by atoms with Gasteiger partial charge in [0.15, 0.2) is 0 Å². The summed E-state index contributed by atoms with van der Waals surface area (Å²) in [5, 5.41) is 7.21. The van der Waals surface area contributed by atoms with Crippen molar-refractivity contribution in [2.75, 3.05) is 14.1 Å². The highest BCUT2D eigenvalue weighted by Gasteiger charge is 2.12. The van der Waals surface area contributed by atoms with Gasteiger partial charge in [0.05, 0.1) is 0 Å². The highest BCUT2D eigenvalue weighted by atomic mass is 19.3. The smallest absolute Gasteiger partial charge is 0.293 e. The Labute approximate surface area is 62.4 Å². The van der Waals surface area contributed by atoms with E-state index in [4.69, 9.17) is 5.11 Å². The van der Waals surface area contributed by atoms with Crippen LogP contribution in [0.15, 0.2) is 0 Å². The molecule has 0 aliphatic carbocycles. The zero-order valence-corrected chi connectivity index (χ0v) is 6.17. The number of alkyl halides is 3. The van der Waals surface area contributed by atoms with Crippen LogP contribution < -0.4 is 0 Å². The first kappa shape index (κ1) is 12.9. The molecule has 1 unspecified atom stereocenters. The maximum absolute atomic E-state index is 10.6. The van der Waals surface area contributed by atoms with Gasteiger partial charge in [0.25, 0.3) is 12.8 Å². The van der Waals surface area contributed by atoms with Crippen LogP contribution in [-0.4, -0.2) is 43.3 Å². The van der Waals surface area contributed by atoms with Crippen molar-refractivity contribution in [1.82, 2.24) is 4.90 Å². The molecule has 0 saturated carbocycles. The number of aliphatic hydroxyl groups excluding tert-OH is 1. The third kappa shape index (κ3) is 17.6. The fourth-order valence-electron chi connectivity index (χ4n) is 0. The molecule has 0 aromatic rings. The molecule has 0 saturated heterocycles. The van der Waals surface area contributed by atoms with Gasteiger partial charge in [-0.15, -0.1) is 0 Å². The lowest BCUT2D eigenvalue weighted by molar-refractivity contribution is -0.115. The minimum absolute atomic E-state index is 0.750. The Morgan fingerprint density at radius 1 is 1.36 bits per heavy atom. The molecule has 0 aromatic carbocycles. The second kappa shape index (κ2) is 7.33. The molecule has 1 N–H and O–H groups in total. The number of carbonyl (C=O) groups excluding carboxylic acids is 1. The quantitative estimate of drug-likeness (QED) is 0.608. The lowest BCUT2D eigenvalue weighted by Gasteiger charge is -1.93. The fraction of sp³-hybridized carbons (Fsp3) is 0.800. The van der Waals surface area contributed by atoms with E-state index in [2.05, 4.69) is 0 Å². The number of amides is 1. The standard InChI is InChI=1S/C3H7NO.C2H3F3O/c1-4(2)3-5;3-1(4)2(5)6/h3H,1-2H3;1-2,6H. The van der Waals surface area contributed by atoms with Gasteiger partial charge in [-0.2, -0.15) is 0 Å². The van der Waals surface area contributed by atoms with Gasteiger partial charge in [-0.25, -0.2) is 13.2 Å². The number of carbonyl (C=O) groups is 1.